The Balaban J connectivity index is 5.02. The highest BCUT2D eigenvalue weighted by atomic mass is 16.3. The molecule has 0 bridgehead atoms. The summed E-state index contributed by atoms with van der Waals surface area (Å²) in [5.74, 6) is 0. The van der Waals surface area contributed by atoms with Crippen LogP contribution in [0.2, 0.25) is 15.9 Å². The minimum absolute atomic E-state index is 0.0147. The summed E-state index contributed by atoms with van der Waals surface area (Å²) in [4.78, 5) is 0. The topological polar surface area (TPSA) is 20.2 Å². The molecular weight excluding hydrogens is 230 g/mol. The molecule has 0 aromatic carbocycles. The summed E-state index contributed by atoms with van der Waals surface area (Å²) < 4.78 is 0. The minimum Gasteiger partial charge on any atom is -0.402 e. The number of aliphatic hydroxyl groups excluding tert-OH is 1. The van der Waals surface area contributed by atoms with Crippen LogP contribution < -0.4 is 0 Å². The second-order valence-corrected chi connectivity index (χ2v) is 9.60. The highest BCUT2D eigenvalue weighted by Crippen LogP contribution is 2.48. The second-order valence-electron chi connectivity index (χ2n) is 9.60. The molecule has 1 N–H and O–H groups in total. The second kappa shape index (κ2) is 5.84. The Kier molecular flexibility index (Phi) is 5.86. The van der Waals surface area contributed by atoms with Gasteiger partial charge in [0.25, 0.3) is 0 Å². The largest absolute Gasteiger partial charge is 0.402 e. The van der Waals surface area contributed by atoms with E-state index in [-0.39, 0.29) is 27.4 Å². The monoisotopic (exact) mass is 266 g/mol. The van der Waals surface area contributed by atoms with E-state index in [2.05, 4.69) is 69.2 Å². The Hall–Kier alpha value is 0.0899. The molecule has 0 aromatic heterocycles. The molecule has 2 atom stereocenters. The van der Waals surface area contributed by atoms with E-state index in [1.165, 1.54) is 0 Å². The predicted molar refractivity (Wildman–Crippen MR) is 92.2 cm³/mol. The van der Waals surface area contributed by atoms with Crippen LogP contribution in [-0.2, 0) is 0 Å². The summed E-state index contributed by atoms with van der Waals surface area (Å²) in [6, 6.07) is -0.231. The van der Waals surface area contributed by atoms with Crippen LogP contribution in [0.15, 0.2) is 0 Å². The number of hydrogen-bond acceptors (Lipinski definition) is 1. The van der Waals surface area contributed by atoms with Crippen molar-refractivity contribution in [3.05, 3.63) is 0 Å². The van der Waals surface area contributed by atoms with Gasteiger partial charge in [0.15, 0.2) is 7.28 Å². The van der Waals surface area contributed by atoms with Crippen LogP contribution in [-0.4, -0.2) is 25.7 Å². The molecule has 0 heterocycles. The van der Waals surface area contributed by atoms with Gasteiger partial charge in [0.2, 0.25) is 0 Å². The van der Waals surface area contributed by atoms with Crippen molar-refractivity contribution < 1.29 is 5.11 Å². The van der Waals surface area contributed by atoms with Gasteiger partial charge in [0.1, 0.15) is 7.28 Å². The first-order valence-electron chi connectivity index (χ1n) is 7.83. The zero-order chi connectivity index (χ0) is 15.7. The highest BCUT2D eigenvalue weighted by molar-refractivity contribution is 6.50. The first kappa shape index (κ1) is 19.1. The SMILES string of the molecule is CCC(C)(BC(C)(C)C)C(O)BC(C)(C)C(C)(C)C. The van der Waals surface area contributed by atoms with E-state index in [9.17, 15) is 5.11 Å². The lowest BCUT2D eigenvalue weighted by Crippen LogP contribution is -2.44. The molecule has 2 unspecified atom stereocenters. The summed E-state index contributed by atoms with van der Waals surface area (Å²) in [6.45, 7) is 22.6. The zero-order valence-corrected chi connectivity index (χ0v) is 15.1. The van der Waals surface area contributed by atoms with Gasteiger partial charge < -0.3 is 5.11 Å². The lowest BCUT2D eigenvalue weighted by molar-refractivity contribution is 0.181. The van der Waals surface area contributed by atoms with Gasteiger partial charge in [-0.25, -0.2) is 0 Å². The third kappa shape index (κ3) is 5.53. The molecule has 0 fully saturated rings. The summed E-state index contributed by atoms with van der Waals surface area (Å²) in [5, 5.41) is 11.2. The van der Waals surface area contributed by atoms with Gasteiger partial charge >= 0.3 is 0 Å². The van der Waals surface area contributed by atoms with Crippen molar-refractivity contribution in [1.82, 2.24) is 0 Å². The van der Waals surface area contributed by atoms with Gasteiger partial charge in [0.05, 0.1) is 0 Å². The van der Waals surface area contributed by atoms with Gasteiger partial charge in [-0.3, -0.25) is 0 Å². The summed E-state index contributed by atoms with van der Waals surface area (Å²) in [7, 11) is 1.94. The van der Waals surface area contributed by atoms with Crippen molar-refractivity contribution in [3.8, 4) is 0 Å². The van der Waals surface area contributed by atoms with Gasteiger partial charge in [-0.2, -0.15) is 0 Å². The molecule has 0 saturated heterocycles. The van der Waals surface area contributed by atoms with Gasteiger partial charge in [-0.1, -0.05) is 86.3 Å². The molecular formula is C16H36B2O. The molecule has 0 spiro atoms. The van der Waals surface area contributed by atoms with Crippen LogP contribution in [0, 0.1) is 5.41 Å². The third-order valence-corrected chi connectivity index (χ3v) is 5.28. The van der Waals surface area contributed by atoms with E-state index in [1.807, 2.05) is 0 Å². The van der Waals surface area contributed by atoms with Crippen molar-refractivity contribution >= 4 is 14.6 Å². The van der Waals surface area contributed by atoms with Crippen molar-refractivity contribution in [3.63, 3.8) is 0 Å². The van der Waals surface area contributed by atoms with Gasteiger partial charge in [0, 0.05) is 6.00 Å². The Morgan fingerprint density at radius 3 is 1.58 bits per heavy atom. The summed E-state index contributed by atoms with van der Waals surface area (Å²) >= 11 is 0. The smallest absolute Gasteiger partial charge is 0.163 e. The minimum atomic E-state index is -0.231. The fourth-order valence-corrected chi connectivity index (χ4v) is 2.73. The van der Waals surface area contributed by atoms with Crippen molar-refractivity contribution in [2.24, 2.45) is 5.41 Å². The molecule has 1 nitrogen and oxygen atoms in total. The maximum absolute atomic E-state index is 10.8. The molecule has 0 aliphatic heterocycles. The fraction of sp³-hybridized carbons (Fsp3) is 1.00. The summed E-state index contributed by atoms with van der Waals surface area (Å²) in [5.41, 5.74) is 0.213. The first-order chi connectivity index (χ1) is 8.15. The zero-order valence-electron chi connectivity index (χ0n) is 15.1. The van der Waals surface area contributed by atoms with E-state index in [0.717, 1.165) is 21.0 Å². The standard InChI is InChI=1S/C16H36B2O/c1-11-16(10,18-14(5,6)7)12(19)17-15(8,9)13(2,3)4/h12,17-19H,11H2,1-10H3. The van der Waals surface area contributed by atoms with E-state index in [4.69, 9.17) is 0 Å². The molecule has 0 aromatic rings. The fourth-order valence-electron chi connectivity index (χ4n) is 2.73. The molecule has 0 rings (SSSR count). The maximum Gasteiger partial charge on any atom is 0.163 e. The number of hydrogen-bond donors (Lipinski definition) is 1. The normalized spacial score (nSPS) is 18.7. The lowest BCUT2D eigenvalue weighted by Gasteiger charge is -2.45. The quantitative estimate of drug-likeness (QED) is 0.738. The average Bonchev–Trinajstić information content (AvgIpc) is 2.12. The van der Waals surface area contributed by atoms with Gasteiger partial charge in [-0.05, 0) is 10.7 Å². The van der Waals surface area contributed by atoms with E-state index >= 15 is 0 Å². The molecule has 0 radical (unpaired) electrons. The number of rotatable bonds is 5. The lowest BCUT2D eigenvalue weighted by atomic mass is 9.30. The molecule has 0 aliphatic carbocycles. The predicted octanol–water partition coefficient (Wildman–Crippen LogP) is 4.23. The highest BCUT2D eigenvalue weighted by Gasteiger charge is 2.43. The van der Waals surface area contributed by atoms with E-state index in [1.54, 1.807) is 0 Å². The Bertz CT molecular complexity index is 286. The van der Waals surface area contributed by atoms with Crippen molar-refractivity contribution in [2.75, 3.05) is 0 Å². The maximum atomic E-state index is 10.8. The molecule has 0 saturated carbocycles. The van der Waals surface area contributed by atoms with E-state index < -0.39 is 0 Å². The van der Waals surface area contributed by atoms with Gasteiger partial charge in [-0.15, -0.1) is 0 Å². The number of aliphatic hydroxyl groups is 1. The van der Waals surface area contributed by atoms with Crippen LogP contribution in [0.5, 0.6) is 0 Å². The first-order valence-corrected chi connectivity index (χ1v) is 7.83. The van der Waals surface area contributed by atoms with Crippen LogP contribution in [0.25, 0.3) is 0 Å². The summed E-state index contributed by atoms with van der Waals surface area (Å²) in [6.07, 6.45) is 1.03. The van der Waals surface area contributed by atoms with Crippen molar-refractivity contribution in [1.29, 1.82) is 0 Å². The third-order valence-electron chi connectivity index (χ3n) is 5.28. The van der Waals surface area contributed by atoms with E-state index in [0.29, 0.717) is 0 Å². The van der Waals surface area contributed by atoms with Crippen LogP contribution in [0.3, 0.4) is 0 Å². The van der Waals surface area contributed by atoms with Crippen molar-refractivity contribution in [2.45, 2.75) is 97.6 Å². The van der Waals surface area contributed by atoms with Crippen LogP contribution in [0.1, 0.15) is 75.7 Å². The molecule has 112 valence electrons. The molecule has 0 aliphatic rings. The van der Waals surface area contributed by atoms with Crippen LogP contribution in [0.4, 0.5) is 0 Å². The molecule has 0 amide bonds. The molecule has 19 heavy (non-hydrogen) atoms. The Morgan fingerprint density at radius 1 is 0.895 bits per heavy atom. The Labute approximate surface area is 123 Å². The average molecular weight is 266 g/mol. The molecule has 3 heteroatoms. The Morgan fingerprint density at radius 2 is 1.32 bits per heavy atom. The van der Waals surface area contributed by atoms with Crippen LogP contribution >= 0.6 is 0 Å².